The number of rotatable bonds is 2. The molecule has 118 valence electrons. The first kappa shape index (κ1) is 15.0. The van der Waals surface area contributed by atoms with E-state index < -0.39 is 5.72 Å². The topological polar surface area (TPSA) is 35.8 Å². The number of fused-ring (bicyclic) bond motifs is 3. The number of aliphatic hydroxyl groups is 1. The second-order valence-corrected chi connectivity index (χ2v) is 6.81. The standard InChI is InChI=1S/C18H16Cl2N2O/c19-15-7-6-12(10-16(15)20)11-18(23)14-5-2-1-4-13(14)17-21-8-3-9-22(17)18/h1-2,4-7,10,23H,3,8-9,11H2. The molecule has 2 aromatic rings. The largest absolute Gasteiger partial charge is 0.366 e. The maximum absolute atomic E-state index is 11.5. The Morgan fingerprint density at radius 2 is 1.96 bits per heavy atom. The highest BCUT2D eigenvalue weighted by atomic mass is 35.5. The van der Waals surface area contributed by atoms with E-state index in [4.69, 9.17) is 23.2 Å². The van der Waals surface area contributed by atoms with Gasteiger partial charge in [-0.2, -0.15) is 0 Å². The number of halogens is 2. The third-order valence-electron chi connectivity index (χ3n) is 4.54. The molecule has 0 amide bonds. The lowest BCUT2D eigenvalue weighted by Crippen LogP contribution is -2.47. The number of aliphatic imine (C=N–C) groups is 1. The van der Waals surface area contributed by atoms with E-state index in [2.05, 4.69) is 4.99 Å². The summed E-state index contributed by atoms with van der Waals surface area (Å²) in [4.78, 5) is 6.65. The summed E-state index contributed by atoms with van der Waals surface area (Å²) in [6, 6.07) is 13.5. The zero-order valence-electron chi connectivity index (χ0n) is 12.5. The van der Waals surface area contributed by atoms with Crippen molar-refractivity contribution in [2.45, 2.75) is 18.6 Å². The van der Waals surface area contributed by atoms with Crippen LogP contribution in [0.1, 0.15) is 23.1 Å². The number of hydrogen-bond donors (Lipinski definition) is 1. The van der Waals surface area contributed by atoms with Gasteiger partial charge >= 0.3 is 0 Å². The highest BCUT2D eigenvalue weighted by molar-refractivity contribution is 6.42. The molecule has 0 saturated heterocycles. The van der Waals surface area contributed by atoms with Gasteiger partial charge < -0.3 is 10.0 Å². The third-order valence-corrected chi connectivity index (χ3v) is 5.28. The molecule has 0 aliphatic carbocycles. The van der Waals surface area contributed by atoms with Crippen LogP contribution in [0.2, 0.25) is 10.0 Å². The lowest BCUT2D eigenvalue weighted by atomic mass is 9.94. The predicted octanol–water partition coefficient (Wildman–Crippen LogP) is 3.85. The molecule has 0 bridgehead atoms. The van der Waals surface area contributed by atoms with E-state index in [1.54, 1.807) is 6.07 Å². The lowest BCUT2D eigenvalue weighted by molar-refractivity contribution is -0.0703. The molecule has 0 aromatic heterocycles. The zero-order chi connectivity index (χ0) is 16.0. The molecule has 1 N–H and O–H groups in total. The summed E-state index contributed by atoms with van der Waals surface area (Å²) >= 11 is 12.1. The Hall–Kier alpha value is -1.55. The maximum atomic E-state index is 11.5. The van der Waals surface area contributed by atoms with Crippen molar-refractivity contribution in [2.75, 3.05) is 13.1 Å². The summed E-state index contributed by atoms with van der Waals surface area (Å²) in [6.45, 7) is 1.61. The fraction of sp³-hybridized carbons (Fsp3) is 0.278. The molecule has 5 heteroatoms. The highest BCUT2D eigenvalue weighted by Crippen LogP contribution is 2.41. The van der Waals surface area contributed by atoms with Gasteiger partial charge in [-0.15, -0.1) is 0 Å². The normalized spacial score (nSPS) is 22.6. The minimum Gasteiger partial charge on any atom is -0.366 e. The smallest absolute Gasteiger partial charge is 0.170 e. The maximum Gasteiger partial charge on any atom is 0.170 e. The van der Waals surface area contributed by atoms with Crippen LogP contribution in [0.15, 0.2) is 47.5 Å². The number of benzene rings is 2. The molecule has 1 atom stereocenters. The molecule has 2 heterocycles. The molecular formula is C18H16Cl2N2O. The fourth-order valence-electron chi connectivity index (χ4n) is 3.49. The average Bonchev–Trinajstić information content (AvgIpc) is 2.82. The Morgan fingerprint density at radius 3 is 2.78 bits per heavy atom. The van der Waals surface area contributed by atoms with E-state index in [9.17, 15) is 5.11 Å². The fourth-order valence-corrected chi connectivity index (χ4v) is 3.81. The highest BCUT2D eigenvalue weighted by Gasteiger charge is 2.47. The second kappa shape index (κ2) is 5.52. The number of hydrogen-bond acceptors (Lipinski definition) is 3. The Bertz CT molecular complexity index is 805. The first-order chi connectivity index (χ1) is 11.1. The van der Waals surface area contributed by atoms with Crippen molar-refractivity contribution in [1.29, 1.82) is 0 Å². The summed E-state index contributed by atoms with van der Waals surface area (Å²) in [6.07, 6.45) is 1.39. The van der Waals surface area contributed by atoms with Gasteiger partial charge in [0.15, 0.2) is 5.72 Å². The van der Waals surface area contributed by atoms with Gasteiger partial charge in [-0.05, 0) is 24.1 Å². The molecule has 0 radical (unpaired) electrons. The molecule has 1 unspecified atom stereocenters. The van der Waals surface area contributed by atoms with Crippen LogP contribution in [0, 0.1) is 0 Å². The molecule has 0 fully saturated rings. The van der Waals surface area contributed by atoms with Gasteiger partial charge in [-0.1, -0.05) is 53.5 Å². The number of nitrogens with zero attached hydrogens (tertiary/aromatic N) is 2. The average molecular weight is 347 g/mol. The molecule has 3 nitrogen and oxygen atoms in total. The van der Waals surface area contributed by atoms with E-state index in [1.807, 2.05) is 41.3 Å². The van der Waals surface area contributed by atoms with Gasteiger partial charge in [0.1, 0.15) is 5.84 Å². The van der Waals surface area contributed by atoms with Crippen LogP contribution in [0.3, 0.4) is 0 Å². The van der Waals surface area contributed by atoms with E-state index in [0.29, 0.717) is 16.5 Å². The van der Waals surface area contributed by atoms with Crippen LogP contribution in [0.4, 0.5) is 0 Å². The van der Waals surface area contributed by atoms with Gasteiger partial charge in [0.05, 0.1) is 10.0 Å². The van der Waals surface area contributed by atoms with Crippen molar-refractivity contribution in [1.82, 2.24) is 4.90 Å². The van der Waals surface area contributed by atoms with Gasteiger partial charge in [0.2, 0.25) is 0 Å². The van der Waals surface area contributed by atoms with Gasteiger partial charge in [0, 0.05) is 30.6 Å². The van der Waals surface area contributed by atoms with Gasteiger partial charge in [-0.3, -0.25) is 4.99 Å². The lowest BCUT2D eigenvalue weighted by Gasteiger charge is -2.37. The van der Waals surface area contributed by atoms with E-state index in [1.165, 1.54) is 0 Å². The Labute approximate surface area is 145 Å². The Morgan fingerprint density at radius 1 is 1.13 bits per heavy atom. The summed E-state index contributed by atoms with van der Waals surface area (Å²) in [5.41, 5.74) is 1.79. The predicted molar refractivity (Wildman–Crippen MR) is 93.2 cm³/mol. The molecule has 0 saturated carbocycles. The molecule has 4 rings (SSSR count). The summed E-state index contributed by atoms with van der Waals surface area (Å²) in [5.74, 6) is 0.898. The Balaban J connectivity index is 1.80. The van der Waals surface area contributed by atoms with Crippen molar-refractivity contribution in [2.24, 2.45) is 4.99 Å². The van der Waals surface area contributed by atoms with Crippen LogP contribution < -0.4 is 0 Å². The number of amidine groups is 1. The van der Waals surface area contributed by atoms with Gasteiger partial charge in [0.25, 0.3) is 0 Å². The second-order valence-electron chi connectivity index (χ2n) is 6.00. The van der Waals surface area contributed by atoms with Crippen molar-refractivity contribution >= 4 is 29.0 Å². The van der Waals surface area contributed by atoms with Gasteiger partial charge in [-0.25, -0.2) is 0 Å². The van der Waals surface area contributed by atoms with Crippen molar-refractivity contribution in [3.63, 3.8) is 0 Å². The van der Waals surface area contributed by atoms with Crippen LogP contribution in [-0.4, -0.2) is 28.9 Å². The molecule has 0 spiro atoms. The Kier molecular flexibility index (Phi) is 3.60. The van der Waals surface area contributed by atoms with E-state index in [-0.39, 0.29) is 0 Å². The van der Waals surface area contributed by atoms with E-state index >= 15 is 0 Å². The minimum absolute atomic E-state index is 0.444. The summed E-state index contributed by atoms with van der Waals surface area (Å²) < 4.78 is 0. The SMILES string of the molecule is OC1(Cc2ccc(Cl)c(Cl)c2)c2ccccc2C2=NCCCN21. The van der Waals surface area contributed by atoms with Crippen LogP contribution in [-0.2, 0) is 12.1 Å². The quantitative estimate of drug-likeness (QED) is 0.896. The minimum atomic E-state index is -1.09. The third kappa shape index (κ3) is 2.35. The van der Waals surface area contributed by atoms with Crippen LogP contribution >= 0.6 is 23.2 Å². The van der Waals surface area contributed by atoms with Crippen molar-refractivity contribution in [3.8, 4) is 0 Å². The summed E-state index contributed by atoms with van der Waals surface area (Å²) in [5, 5.41) is 12.6. The molecular weight excluding hydrogens is 331 g/mol. The molecule has 23 heavy (non-hydrogen) atoms. The summed E-state index contributed by atoms with van der Waals surface area (Å²) in [7, 11) is 0. The molecule has 2 aromatic carbocycles. The molecule has 2 aliphatic rings. The first-order valence-corrected chi connectivity index (χ1v) is 8.43. The van der Waals surface area contributed by atoms with Crippen LogP contribution in [0.5, 0.6) is 0 Å². The van der Waals surface area contributed by atoms with Crippen LogP contribution in [0.25, 0.3) is 0 Å². The van der Waals surface area contributed by atoms with Crippen molar-refractivity contribution < 1.29 is 5.11 Å². The first-order valence-electron chi connectivity index (χ1n) is 7.68. The van der Waals surface area contributed by atoms with E-state index in [0.717, 1.165) is 42.0 Å². The van der Waals surface area contributed by atoms with Crippen molar-refractivity contribution in [3.05, 3.63) is 69.2 Å². The molecule has 2 aliphatic heterocycles. The zero-order valence-corrected chi connectivity index (χ0v) is 14.0. The monoisotopic (exact) mass is 346 g/mol.